The topological polar surface area (TPSA) is 36.4 Å². The summed E-state index contributed by atoms with van der Waals surface area (Å²) in [5, 5.41) is 9.21. The Labute approximate surface area is 94.9 Å². The van der Waals surface area contributed by atoms with Crippen molar-refractivity contribution in [1.29, 1.82) is 0 Å². The van der Waals surface area contributed by atoms with Crippen molar-refractivity contribution in [1.82, 2.24) is 4.98 Å². The summed E-state index contributed by atoms with van der Waals surface area (Å²) in [6, 6.07) is 3.12. The number of halogens is 1. The Morgan fingerprint density at radius 3 is 2.94 bits per heavy atom. The van der Waals surface area contributed by atoms with Gasteiger partial charge in [-0.15, -0.1) is 0 Å². The molecule has 1 saturated heterocycles. The van der Waals surface area contributed by atoms with Gasteiger partial charge in [0.2, 0.25) is 0 Å². The first-order valence-corrected chi connectivity index (χ1v) is 5.66. The van der Waals surface area contributed by atoms with Gasteiger partial charge in [-0.3, -0.25) is 0 Å². The Bertz CT molecular complexity index is 341. The molecule has 4 heteroatoms. The lowest BCUT2D eigenvalue weighted by atomic mass is 9.91. The molecule has 88 valence electrons. The molecule has 0 saturated carbocycles. The first-order chi connectivity index (χ1) is 7.69. The van der Waals surface area contributed by atoms with Crippen molar-refractivity contribution >= 4 is 5.82 Å². The van der Waals surface area contributed by atoms with Crippen LogP contribution in [0.15, 0.2) is 18.3 Å². The van der Waals surface area contributed by atoms with Crippen molar-refractivity contribution < 1.29 is 9.50 Å². The first-order valence-electron chi connectivity index (χ1n) is 5.66. The van der Waals surface area contributed by atoms with Crippen LogP contribution in [0.25, 0.3) is 0 Å². The molecule has 0 radical (unpaired) electrons. The van der Waals surface area contributed by atoms with Gasteiger partial charge in [0.15, 0.2) is 0 Å². The predicted octanol–water partition coefficient (Wildman–Crippen LogP) is 1.68. The molecule has 0 aromatic carbocycles. The Morgan fingerprint density at radius 2 is 2.31 bits per heavy atom. The molecule has 3 nitrogen and oxygen atoms in total. The van der Waals surface area contributed by atoms with Gasteiger partial charge in [0.1, 0.15) is 11.6 Å². The lowest BCUT2D eigenvalue weighted by molar-refractivity contribution is 0.189. The molecule has 2 rings (SSSR count). The van der Waals surface area contributed by atoms with Gasteiger partial charge in [-0.1, -0.05) is 6.92 Å². The second-order valence-electron chi connectivity index (χ2n) is 4.63. The minimum absolute atomic E-state index is 0.210. The van der Waals surface area contributed by atoms with Gasteiger partial charge < -0.3 is 10.0 Å². The van der Waals surface area contributed by atoms with Crippen LogP contribution in [0.1, 0.15) is 13.3 Å². The Kier molecular flexibility index (Phi) is 3.39. The van der Waals surface area contributed by atoms with Gasteiger partial charge in [-0.2, -0.15) is 0 Å². The lowest BCUT2D eigenvalue weighted by Gasteiger charge is -2.36. The number of hydrogen-bond donors (Lipinski definition) is 1. The van der Waals surface area contributed by atoms with E-state index in [1.165, 1.54) is 12.3 Å². The van der Waals surface area contributed by atoms with Gasteiger partial charge in [-0.05, 0) is 30.4 Å². The van der Waals surface area contributed by atoms with Crippen molar-refractivity contribution in [3.8, 4) is 0 Å². The highest BCUT2D eigenvalue weighted by Gasteiger charge is 2.24. The van der Waals surface area contributed by atoms with Crippen LogP contribution in [0.3, 0.4) is 0 Å². The zero-order chi connectivity index (χ0) is 11.5. The Morgan fingerprint density at radius 1 is 1.50 bits per heavy atom. The molecule has 2 heterocycles. The summed E-state index contributed by atoms with van der Waals surface area (Å²) in [4.78, 5) is 6.19. The molecule has 1 fully saturated rings. The third kappa shape index (κ3) is 2.50. The second-order valence-corrected chi connectivity index (χ2v) is 4.63. The number of piperidine rings is 1. The van der Waals surface area contributed by atoms with Crippen molar-refractivity contribution in [3.05, 3.63) is 24.1 Å². The summed E-state index contributed by atoms with van der Waals surface area (Å²) >= 11 is 0. The maximum atomic E-state index is 12.8. The minimum Gasteiger partial charge on any atom is -0.396 e. The number of aliphatic hydroxyl groups is 1. The molecule has 0 bridgehead atoms. The fourth-order valence-electron chi connectivity index (χ4n) is 2.35. The van der Waals surface area contributed by atoms with E-state index >= 15 is 0 Å². The van der Waals surface area contributed by atoms with Crippen molar-refractivity contribution in [2.45, 2.75) is 13.3 Å². The molecule has 1 aliphatic heterocycles. The predicted molar refractivity (Wildman–Crippen MR) is 60.8 cm³/mol. The normalized spacial score (nSPS) is 25.8. The smallest absolute Gasteiger partial charge is 0.141 e. The maximum Gasteiger partial charge on any atom is 0.141 e. The van der Waals surface area contributed by atoms with Gasteiger partial charge in [-0.25, -0.2) is 9.37 Å². The van der Waals surface area contributed by atoms with Crippen LogP contribution in [-0.4, -0.2) is 29.8 Å². The second kappa shape index (κ2) is 4.78. The Balaban J connectivity index is 2.11. The molecule has 1 aromatic heterocycles. The van der Waals surface area contributed by atoms with Crippen molar-refractivity contribution in [3.63, 3.8) is 0 Å². The van der Waals surface area contributed by atoms with Crippen LogP contribution >= 0.6 is 0 Å². The van der Waals surface area contributed by atoms with Crippen molar-refractivity contribution in [2.75, 3.05) is 24.6 Å². The van der Waals surface area contributed by atoms with E-state index in [9.17, 15) is 9.50 Å². The van der Waals surface area contributed by atoms with E-state index < -0.39 is 0 Å². The molecule has 0 spiro atoms. The van der Waals surface area contributed by atoms with E-state index in [1.54, 1.807) is 6.07 Å². The highest BCUT2D eigenvalue weighted by Crippen LogP contribution is 2.24. The Hall–Kier alpha value is -1.16. The summed E-state index contributed by atoms with van der Waals surface area (Å²) < 4.78 is 12.8. The van der Waals surface area contributed by atoms with Gasteiger partial charge in [0.05, 0.1) is 6.20 Å². The molecule has 1 N–H and O–H groups in total. The summed E-state index contributed by atoms with van der Waals surface area (Å²) in [7, 11) is 0. The van der Waals surface area contributed by atoms with E-state index in [-0.39, 0.29) is 12.4 Å². The number of rotatable bonds is 2. The molecular weight excluding hydrogens is 207 g/mol. The molecule has 0 amide bonds. The highest BCUT2D eigenvalue weighted by atomic mass is 19.1. The third-order valence-electron chi connectivity index (χ3n) is 3.04. The minimum atomic E-state index is -0.312. The summed E-state index contributed by atoms with van der Waals surface area (Å²) in [6.07, 6.45) is 2.29. The zero-order valence-electron chi connectivity index (χ0n) is 9.43. The SMILES string of the molecule is CC1CC(CO)CN(c2ccc(F)cn2)C1. The number of aromatic nitrogens is 1. The lowest BCUT2D eigenvalue weighted by Crippen LogP contribution is -2.41. The van der Waals surface area contributed by atoms with Gasteiger partial charge >= 0.3 is 0 Å². The van der Waals surface area contributed by atoms with E-state index in [0.29, 0.717) is 11.8 Å². The standard InChI is InChI=1S/C12H17FN2O/c1-9-4-10(8-16)7-15(6-9)12-3-2-11(13)5-14-12/h2-3,5,9-10,16H,4,6-8H2,1H3. The summed E-state index contributed by atoms with van der Waals surface area (Å²) in [5.41, 5.74) is 0. The van der Waals surface area contributed by atoms with E-state index in [2.05, 4.69) is 16.8 Å². The summed E-state index contributed by atoms with van der Waals surface area (Å²) in [6.45, 7) is 4.11. The van der Waals surface area contributed by atoms with Crippen LogP contribution in [-0.2, 0) is 0 Å². The fraction of sp³-hybridized carbons (Fsp3) is 0.583. The molecule has 1 aliphatic rings. The average Bonchev–Trinajstić information content (AvgIpc) is 2.29. The molecule has 16 heavy (non-hydrogen) atoms. The van der Waals surface area contributed by atoms with Crippen molar-refractivity contribution in [2.24, 2.45) is 11.8 Å². The quantitative estimate of drug-likeness (QED) is 0.830. The largest absolute Gasteiger partial charge is 0.396 e. The number of hydrogen-bond acceptors (Lipinski definition) is 3. The van der Waals surface area contributed by atoms with E-state index in [4.69, 9.17) is 0 Å². The van der Waals surface area contributed by atoms with Crippen LogP contribution in [0.5, 0.6) is 0 Å². The van der Waals surface area contributed by atoms with Crippen LogP contribution in [0, 0.1) is 17.7 Å². The number of aliphatic hydroxyl groups excluding tert-OH is 1. The number of pyridine rings is 1. The highest BCUT2D eigenvalue weighted by molar-refractivity contribution is 5.38. The summed E-state index contributed by atoms with van der Waals surface area (Å²) in [5.74, 6) is 1.33. The average molecular weight is 224 g/mol. The molecule has 1 aromatic rings. The van der Waals surface area contributed by atoms with E-state index in [0.717, 1.165) is 25.3 Å². The van der Waals surface area contributed by atoms with Gasteiger partial charge in [0, 0.05) is 19.7 Å². The molecular formula is C12H17FN2O. The van der Waals surface area contributed by atoms with Crippen LogP contribution < -0.4 is 4.90 Å². The van der Waals surface area contributed by atoms with Crippen LogP contribution in [0.2, 0.25) is 0 Å². The molecule has 0 aliphatic carbocycles. The van der Waals surface area contributed by atoms with Crippen LogP contribution in [0.4, 0.5) is 10.2 Å². The number of anilines is 1. The maximum absolute atomic E-state index is 12.8. The van der Waals surface area contributed by atoms with E-state index in [1.807, 2.05) is 0 Å². The molecule has 2 unspecified atom stereocenters. The first kappa shape index (κ1) is 11.3. The molecule has 2 atom stereocenters. The third-order valence-corrected chi connectivity index (χ3v) is 3.04. The van der Waals surface area contributed by atoms with Gasteiger partial charge in [0.25, 0.3) is 0 Å². The monoisotopic (exact) mass is 224 g/mol. The fourth-order valence-corrected chi connectivity index (χ4v) is 2.35. The number of nitrogens with zero attached hydrogens (tertiary/aromatic N) is 2. The zero-order valence-corrected chi connectivity index (χ0v) is 9.43.